The van der Waals surface area contributed by atoms with Gasteiger partial charge in [-0.2, -0.15) is 0 Å². The highest BCUT2D eigenvalue weighted by atomic mass is 16.3. The quantitative estimate of drug-likeness (QED) is 0.537. The molecule has 0 aromatic heterocycles. The summed E-state index contributed by atoms with van der Waals surface area (Å²) in [4.78, 5) is 21.7. The maximum atomic E-state index is 14.3. The van der Waals surface area contributed by atoms with Crippen LogP contribution in [0, 0.1) is 17.3 Å². The van der Waals surface area contributed by atoms with Crippen molar-refractivity contribution < 1.29 is 9.90 Å². The summed E-state index contributed by atoms with van der Waals surface area (Å²) in [5.74, 6) is 1.48. The number of nitrogens with zero attached hydrogens (tertiary/aromatic N) is 3. The molecule has 2 heterocycles. The van der Waals surface area contributed by atoms with Gasteiger partial charge in [0, 0.05) is 42.7 Å². The number of hydrogen-bond acceptors (Lipinski definition) is 3. The van der Waals surface area contributed by atoms with Gasteiger partial charge in [0.1, 0.15) is 5.75 Å². The van der Waals surface area contributed by atoms with E-state index in [9.17, 15) is 9.90 Å². The van der Waals surface area contributed by atoms with Crippen LogP contribution in [0.4, 0.5) is 4.79 Å². The first-order valence-corrected chi connectivity index (χ1v) is 15.6. The first kappa shape index (κ1) is 24.3. The normalized spacial score (nSPS) is 36.4. The SMILES string of the molecule is CC(C)N(Cc1ccccc1)C(=O)N1C[C@H]2CC34CCC1C2C31CCN(C2CCC2)C4Cc2ccc(O)cc21. The second-order valence-corrected chi connectivity index (χ2v) is 14.0. The fraction of sp³-hybridized carbons (Fsp3) is 0.618. The lowest BCUT2D eigenvalue weighted by atomic mass is 9.43. The lowest BCUT2D eigenvalue weighted by Gasteiger charge is -2.68. The summed E-state index contributed by atoms with van der Waals surface area (Å²) in [5.41, 5.74) is 4.50. The lowest BCUT2D eigenvalue weighted by molar-refractivity contribution is -0.123. The minimum atomic E-state index is 0.0922. The number of carbonyl (C=O) groups excluding carboxylic acids is 1. The Morgan fingerprint density at radius 2 is 1.92 bits per heavy atom. The van der Waals surface area contributed by atoms with E-state index < -0.39 is 0 Å². The number of piperidine rings is 1. The summed E-state index contributed by atoms with van der Waals surface area (Å²) in [6, 6.07) is 18.8. The van der Waals surface area contributed by atoms with Crippen molar-refractivity contribution in [1.29, 1.82) is 0 Å². The van der Waals surface area contributed by atoms with E-state index in [1.807, 2.05) is 12.1 Å². The van der Waals surface area contributed by atoms with Gasteiger partial charge >= 0.3 is 6.03 Å². The van der Waals surface area contributed by atoms with Gasteiger partial charge in [-0.05, 0) is 111 Å². The molecule has 3 saturated carbocycles. The zero-order valence-corrected chi connectivity index (χ0v) is 23.6. The molecule has 0 radical (unpaired) electrons. The van der Waals surface area contributed by atoms with E-state index in [1.165, 1.54) is 61.8 Å². The number of fused-ring (bicyclic) bond motifs is 1. The molecule has 4 bridgehead atoms. The molecule has 206 valence electrons. The Hall–Kier alpha value is -2.53. The second-order valence-electron chi connectivity index (χ2n) is 14.0. The van der Waals surface area contributed by atoms with Gasteiger partial charge in [0.05, 0.1) is 0 Å². The van der Waals surface area contributed by atoms with Crippen LogP contribution in [-0.4, -0.2) is 63.1 Å². The molecule has 2 aromatic rings. The van der Waals surface area contributed by atoms with Crippen molar-refractivity contribution in [1.82, 2.24) is 14.7 Å². The predicted octanol–water partition coefficient (Wildman–Crippen LogP) is 5.94. The Labute approximate surface area is 233 Å². The molecule has 5 heteroatoms. The molecule has 6 atom stereocenters. The zero-order chi connectivity index (χ0) is 26.5. The topological polar surface area (TPSA) is 47.0 Å². The number of likely N-dealkylation sites (tertiary alicyclic amines) is 2. The smallest absolute Gasteiger partial charge is 0.320 e. The van der Waals surface area contributed by atoms with Crippen LogP contribution >= 0.6 is 0 Å². The van der Waals surface area contributed by atoms with Crippen molar-refractivity contribution in [2.45, 2.75) is 101 Å². The summed E-state index contributed by atoms with van der Waals surface area (Å²) in [6.07, 6.45) is 10.1. The van der Waals surface area contributed by atoms with E-state index in [-0.39, 0.29) is 17.5 Å². The Morgan fingerprint density at radius 1 is 1.10 bits per heavy atom. The van der Waals surface area contributed by atoms with E-state index >= 15 is 0 Å². The predicted molar refractivity (Wildman–Crippen MR) is 153 cm³/mol. The van der Waals surface area contributed by atoms with Crippen LogP contribution in [0.1, 0.15) is 75.5 Å². The third kappa shape index (κ3) is 3.14. The average Bonchev–Trinajstić information content (AvgIpc) is 3.34. The van der Waals surface area contributed by atoms with Crippen molar-refractivity contribution in [2.24, 2.45) is 17.3 Å². The number of amides is 2. The number of carbonyl (C=O) groups is 1. The molecule has 6 aliphatic rings. The van der Waals surface area contributed by atoms with Gasteiger partial charge in [0.25, 0.3) is 0 Å². The molecular weight excluding hydrogens is 482 g/mol. The Kier molecular flexibility index (Phi) is 5.28. The average molecular weight is 526 g/mol. The first-order valence-electron chi connectivity index (χ1n) is 15.6. The molecule has 5 unspecified atom stereocenters. The molecule has 2 saturated heterocycles. The van der Waals surface area contributed by atoms with Crippen LogP contribution in [0.3, 0.4) is 0 Å². The number of aromatic hydroxyl groups is 1. The Bertz CT molecular complexity index is 1290. The van der Waals surface area contributed by atoms with Crippen molar-refractivity contribution in [3.63, 3.8) is 0 Å². The highest BCUT2D eigenvalue weighted by Crippen LogP contribution is 2.75. The minimum absolute atomic E-state index is 0.0922. The number of urea groups is 1. The summed E-state index contributed by atoms with van der Waals surface area (Å²) in [7, 11) is 0. The molecule has 8 rings (SSSR count). The fourth-order valence-electron chi connectivity index (χ4n) is 10.8. The molecule has 2 aliphatic heterocycles. The van der Waals surface area contributed by atoms with Crippen molar-refractivity contribution in [3.8, 4) is 5.75 Å². The van der Waals surface area contributed by atoms with E-state index in [2.05, 4.69) is 64.9 Å². The fourth-order valence-corrected chi connectivity index (χ4v) is 10.8. The third-order valence-electron chi connectivity index (χ3n) is 12.4. The van der Waals surface area contributed by atoms with Gasteiger partial charge in [-0.25, -0.2) is 4.79 Å². The van der Waals surface area contributed by atoms with Gasteiger partial charge in [0.2, 0.25) is 0 Å². The van der Waals surface area contributed by atoms with Gasteiger partial charge in [0.15, 0.2) is 0 Å². The summed E-state index contributed by atoms with van der Waals surface area (Å²) in [6.45, 7) is 7.06. The molecule has 0 spiro atoms. The number of phenols is 1. The molecule has 1 N–H and O–H groups in total. The monoisotopic (exact) mass is 525 g/mol. The molecule has 2 amide bonds. The molecule has 5 fully saturated rings. The van der Waals surface area contributed by atoms with Gasteiger partial charge in [-0.15, -0.1) is 0 Å². The molecule has 2 aromatic carbocycles. The Balaban J connectivity index is 1.18. The summed E-state index contributed by atoms with van der Waals surface area (Å²) < 4.78 is 0. The van der Waals surface area contributed by atoms with Crippen LogP contribution in [0.2, 0.25) is 0 Å². The first-order chi connectivity index (χ1) is 18.9. The standard InChI is InChI=1S/C34H43N3O2/c1-22(2)36(20-23-7-4-3-5-8-23)32(39)37-21-25-19-33-14-13-29(37)31(25)34(33)15-16-35(26-9-6-10-26)30(33)17-24-11-12-27(38)18-28(24)34/h3-5,7-8,11-12,18,22,25-26,29-31,38H,6,9-10,13-17,19-21H2,1-2H3/t25-,29?,30?,31?,33?,34?/m1/s1. The van der Waals surface area contributed by atoms with Gasteiger partial charge in [-0.1, -0.05) is 42.8 Å². The van der Waals surface area contributed by atoms with Crippen LogP contribution in [0.25, 0.3) is 0 Å². The number of rotatable bonds is 4. The maximum Gasteiger partial charge on any atom is 0.320 e. The van der Waals surface area contributed by atoms with Gasteiger partial charge in [-0.3, -0.25) is 4.90 Å². The maximum absolute atomic E-state index is 14.3. The molecular formula is C34H43N3O2. The molecule has 39 heavy (non-hydrogen) atoms. The number of hydrogen-bond donors (Lipinski definition) is 1. The largest absolute Gasteiger partial charge is 0.508 e. The van der Waals surface area contributed by atoms with Crippen LogP contribution in [0.15, 0.2) is 48.5 Å². The summed E-state index contributed by atoms with van der Waals surface area (Å²) in [5, 5.41) is 10.7. The van der Waals surface area contributed by atoms with E-state index in [0.717, 1.165) is 25.4 Å². The lowest BCUT2D eigenvalue weighted by Crippen LogP contribution is -2.71. The van der Waals surface area contributed by atoms with E-state index in [0.29, 0.717) is 41.6 Å². The minimum Gasteiger partial charge on any atom is -0.508 e. The van der Waals surface area contributed by atoms with Crippen LogP contribution in [-0.2, 0) is 18.4 Å². The number of phenolic OH excluding ortho intramolecular Hbond substituents is 1. The van der Waals surface area contributed by atoms with Gasteiger partial charge < -0.3 is 14.9 Å². The van der Waals surface area contributed by atoms with E-state index in [1.54, 1.807) is 0 Å². The van der Waals surface area contributed by atoms with Crippen LogP contribution in [0.5, 0.6) is 5.75 Å². The summed E-state index contributed by atoms with van der Waals surface area (Å²) >= 11 is 0. The molecule has 4 aliphatic carbocycles. The Morgan fingerprint density at radius 3 is 2.67 bits per heavy atom. The van der Waals surface area contributed by atoms with Crippen molar-refractivity contribution in [3.05, 3.63) is 65.2 Å². The highest BCUT2D eigenvalue weighted by molar-refractivity contribution is 5.76. The number of benzene rings is 2. The molecule has 5 nitrogen and oxygen atoms in total. The van der Waals surface area contributed by atoms with Crippen molar-refractivity contribution in [2.75, 3.05) is 13.1 Å². The third-order valence-corrected chi connectivity index (χ3v) is 12.4. The zero-order valence-electron chi connectivity index (χ0n) is 23.6. The van der Waals surface area contributed by atoms with Crippen LogP contribution < -0.4 is 0 Å². The van der Waals surface area contributed by atoms with Crippen molar-refractivity contribution >= 4 is 6.03 Å². The highest BCUT2D eigenvalue weighted by Gasteiger charge is 2.76. The van der Waals surface area contributed by atoms with E-state index in [4.69, 9.17) is 0 Å². The second kappa shape index (κ2) is 8.49.